The SMILES string of the molecule is Oc1ccc2c(c1)N(C1CC1)CCNC2. The molecule has 0 spiro atoms. The number of hydrogen-bond acceptors (Lipinski definition) is 3. The van der Waals surface area contributed by atoms with Gasteiger partial charge in [-0.1, -0.05) is 6.07 Å². The molecule has 1 aromatic rings. The quantitative estimate of drug-likeness (QED) is 0.727. The van der Waals surface area contributed by atoms with Crippen LogP contribution in [-0.4, -0.2) is 24.2 Å². The zero-order valence-electron chi connectivity index (χ0n) is 8.74. The Balaban J connectivity index is 2.02. The highest BCUT2D eigenvalue weighted by molar-refractivity contribution is 5.59. The van der Waals surface area contributed by atoms with Crippen LogP contribution in [0.25, 0.3) is 0 Å². The van der Waals surface area contributed by atoms with Gasteiger partial charge in [0, 0.05) is 37.4 Å². The first kappa shape index (κ1) is 9.04. The molecule has 2 aliphatic rings. The summed E-state index contributed by atoms with van der Waals surface area (Å²) >= 11 is 0. The van der Waals surface area contributed by atoms with Gasteiger partial charge in [-0.3, -0.25) is 0 Å². The van der Waals surface area contributed by atoms with Gasteiger partial charge in [0.1, 0.15) is 5.75 Å². The molecule has 2 N–H and O–H groups in total. The van der Waals surface area contributed by atoms with E-state index < -0.39 is 0 Å². The van der Waals surface area contributed by atoms with E-state index in [2.05, 4.69) is 10.2 Å². The van der Waals surface area contributed by atoms with E-state index in [1.165, 1.54) is 24.1 Å². The molecule has 3 nitrogen and oxygen atoms in total. The molecule has 1 saturated carbocycles. The van der Waals surface area contributed by atoms with E-state index in [-0.39, 0.29) is 0 Å². The van der Waals surface area contributed by atoms with Gasteiger partial charge >= 0.3 is 0 Å². The molecule has 80 valence electrons. The van der Waals surface area contributed by atoms with Crippen molar-refractivity contribution in [3.8, 4) is 5.75 Å². The standard InChI is InChI=1S/C12H16N2O/c15-11-4-1-9-8-13-5-6-14(10-2-3-10)12(9)7-11/h1,4,7,10,13,15H,2-3,5-6,8H2. The third-order valence-electron chi connectivity index (χ3n) is 3.21. The Morgan fingerprint density at radius 3 is 3.00 bits per heavy atom. The average molecular weight is 204 g/mol. The lowest BCUT2D eigenvalue weighted by Gasteiger charge is -2.24. The number of aromatic hydroxyl groups is 1. The van der Waals surface area contributed by atoms with Gasteiger partial charge in [0.05, 0.1) is 0 Å². The lowest BCUT2D eigenvalue weighted by atomic mass is 10.1. The van der Waals surface area contributed by atoms with Crippen molar-refractivity contribution in [3.63, 3.8) is 0 Å². The average Bonchev–Trinajstić information content (AvgIpc) is 3.01. The fourth-order valence-corrected chi connectivity index (χ4v) is 2.28. The second kappa shape index (κ2) is 3.42. The lowest BCUT2D eigenvalue weighted by Crippen LogP contribution is -2.30. The summed E-state index contributed by atoms with van der Waals surface area (Å²) in [4.78, 5) is 2.44. The third kappa shape index (κ3) is 1.67. The second-order valence-electron chi connectivity index (χ2n) is 4.41. The number of anilines is 1. The molecular formula is C12H16N2O. The first-order valence-electron chi connectivity index (χ1n) is 5.64. The van der Waals surface area contributed by atoms with E-state index in [1.54, 1.807) is 6.07 Å². The van der Waals surface area contributed by atoms with Crippen LogP contribution in [0.5, 0.6) is 5.75 Å². The van der Waals surface area contributed by atoms with Gasteiger partial charge in [0.25, 0.3) is 0 Å². The van der Waals surface area contributed by atoms with Crippen molar-refractivity contribution in [1.82, 2.24) is 5.32 Å². The molecule has 1 aliphatic heterocycles. The number of fused-ring (bicyclic) bond motifs is 1. The van der Waals surface area contributed by atoms with Gasteiger partial charge in [-0.05, 0) is 24.5 Å². The zero-order valence-corrected chi connectivity index (χ0v) is 8.74. The molecule has 0 bridgehead atoms. The van der Waals surface area contributed by atoms with E-state index in [0.29, 0.717) is 11.8 Å². The summed E-state index contributed by atoms with van der Waals surface area (Å²) in [5, 5.41) is 13.0. The Labute approximate surface area is 89.7 Å². The smallest absolute Gasteiger partial charge is 0.117 e. The van der Waals surface area contributed by atoms with Crippen molar-refractivity contribution in [3.05, 3.63) is 23.8 Å². The number of phenols is 1. The largest absolute Gasteiger partial charge is 0.508 e. The van der Waals surface area contributed by atoms with Crippen molar-refractivity contribution in [2.24, 2.45) is 0 Å². The maximum Gasteiger partial charge on any atom is 0.117 e. The van der Waals surface area contributed by atoms with Crippen molar-refractivity contribution in [1.29, 1.82) is 0 Å². The monoisotopic (exact) mass is 204 g/mol. The molecule has 0 unspecified atom stereocenters. The molecule has 1 aromatic carbocycles. The van der Waals surface area contributed by atoms with Gasteiger partial charge in [0.2, 0.25) is 0 Å². The predicted molar refractivity (Wildman–Crippen MR) is 60.2 cm³/mol. The highest BCUT2D eigenvalue weighted by Crippen LogP contribution is 2.35. The zero-order chi connectivity index (χ0) is 10.3. The number of benzene rings is 1. The first-order valence-corrected chi connectivity index (χ1v) is 5.64. The minimum Gasteiger partial charge on any atom is -0.508 e. The van der Waals surface area contributed by atoms with E-state index >= 15 is 0 Å². The van der Waals surface area contributed by atoms with Gasteiger partial charge in [-0.15, -0.1) is 0 Å². The van der Waals surface area contributed by atoms with E-state index in [9.17, 15) is 5.11 Å². The molecule has 3 rings (SSSR count). The van der Waals surface area contributed by atoms with Crippen LogP contribution in [0, 0.1) is 0 Å². The fourth-order valence-electron chi connectivity index (χ4n) is 2.28. The van der Waals surface area contributed by atoms with Crippen LogP contribution in [0.3, 0.4) is 0 Å². The normalized spacial score (nSPS) is 20.9. The van der Waals surface area contributed by atoms with Crippen LogP contribution in [0.2, 0.25) is 0 Å². The van der Waals surface area contributed by atoms with Crippen LogP contribution < -0.4 is 10.2 Å². The van der Waals surface area contributed by atoms with Crippen LogP contribution >= 0.6 is 0 Å². The van der Waals surface area contributed by atoms with Crippen molar-refractivity contribution < 1.29 is 5.11 Å². The number of nitrogens with zero attached hydrogens (tertiary/aromatic N) is 1. The summed E-state index contributed by atoms with van der Waals surface area (Å²) in [7, 11) is 0. The molecule has 15 heavy (non-hydrogen) atoms. The first-order chi connectivity index (χ1) is 7.34. The Morgan fingerprint density at radius 1 is 1.33 bits per heavy atom. The summed E-state index contributed by atoms with van der Waals surface area (Å²) < 4.78 is 0. The van der Waals surface area contributed by atoms with Crippen LogP contribution in [-0.2, 0) is 6.54 Å². The van der Waals surface area contributed by atoms with Gasteiger partial charge in [-0.25, -0.2) is 0 Å². The Kier molecular flexibility index (Phi) is 2.06. The van der Waals surface area contributed by atoms with Crippen molar-refractivity contribution in [2.75, 3.05) is 18.0 Å². The van der Waals surface area contributed by atoms with Crippen LogP contribution in [0.4, 0.5) is 5.69 Å². The Bertz CT molecular complexity index is 374. The Hall–Kier alpha value is -1.22. The number of rotatable bonds is 1. The van der Waals surface area contributed by atoms with Crippen LogP contribution in [0.1, 0.15) is 18.4 Å². The number of nitrogens with one attached hydrogen (secondary N) is 1. The van der Waals surface area contributed by atoms with E-state index in [1.807, 2.05) is 12.1 Å². The molecule has 0 aromatic heterocycles. The summed E-state index contributed by atoms with van der Waals surface area (Å²) in [6.07, 6.45) is 2.60. The van der Waals surface area contributed by atoms with E-state index in [0.717, 1.165) is 19.6 Å². The summed E-state index contributed by atoms with van der Waals surface area (Å²) in [6, 6.07) is 6.42. The third-order valence-corrected chi connectivity index (χ3v) is 3.21. The van der Waals surface area contributed by atoms with Crippen molar-refractivity contribution >= 4 is 5.69 Å². The number of phenolic OH excluding ortho intramolecular Hbond substituents is 1. The van der Waals surface area contributed by atoms with E-state index in [4.69, 9.17) is 0 Å². The molecule has 1 aliphatic carbocycles. The maximum atomic E-state index is 9.55. The van der Waals surface area contributed by atoms with Crippen LogP contribution in [0.15, 0.2) is 18.2 Å². The summed E-state index contributed by atoms with van der Waals surface area (Å²) in [5.74, 6) is 0.376. The maximum absolute atomic E-state index is 9.55. The molecule has 0 saturated heterocycles. The molecule has 3 heteroatoms. The van der Waals surface area contributed by atoms with Crippen molar-refractivity contribution in [2.45, 2.75) is 25.4 Å². The second-order valence-corrected chi connectivity index (χ2v) is 4.41. The minimum atomic E-state index is 0.376. The molecule has 0 amide bonds. The topological polar surface area (TPSA) is 35.5 Å². The molecule has 1 heterocycles. The highest BCUT2D eigenvalue weighted by atomic mass is 16.3. The minimum absolute atomic E-state index is 0.376. The molecule has 0 atom stereocenters. The molecule has 1 fully saturated rings. The lowest BCUT2D eigenvalue weighted by molar-refractivity contribution is 0.475. The summed E-state index contributed by atoms with van der Waals surface area (Å²) in [5.41, 5.74) is 2.53. The molecular weight excluding hydrogens is 188 g/mol. The van der Waals surface area contributed by atoms with Gasteiger partial charge in [-0.2, -0.15) is 0 Å². The molecule has 0 radical (unpaired) electrons. The number of hydrogen-bond donors (Lipinski definition) is 2. The summed E-state index contributed by atoms with van der Waals surface area (Å²) in [6.45, 7) is 3.01. The fraction of sp³-hybridized carbons (Fsp3) is 0.500. The van der Waals surface area contributed by atoms with Gasteiger partial charge in [0.15, 0.2) is 0 Å². The highest BCUT2D eigenvalue weighted by Gasteiger charge is 2.31. The predicted octanol–water partition coefficient (Wildman–Crippen LogP) is 1.46. The Morgan fingerprint density at radius 2 is 2.20 bits per heavy atom. The van der Waals surface area contributed by atoms with Gasteiger partial charge < -0.3 is 15.3 Å².